The fourth-order valence-corrected chi connectivity index (χ4v) is 2.75. The van der Waals surface area contributed by atoms with Crippen molar-refractivity contribution < 1.29 is 14.6 Å². The summed E-state index contributed by atoms with van der Waals surface area (Å²) in [6.07, 6.45) is 1.19. The van der Waals surface area contributed by atoms with Crippen LogP contribution in [0.25, 0.3) is 0 Å². The van der Waals surface area contributed by atoms with Crippen molar-refractivity contribution >= 4 is 0 Å². The molecule has 0 bridgehead atoms. The third-order valence-corrected chi connectivity index (χ3v) is 3.91. The first kappa shape index (κ1) is 13.4. The largest absolute Gasteiger partial charge is 0.496 e. The molecule has 0 amide bonds. The Morgan fingerprint density at radius 3 is 2.61 bits per heavy atom. The molecule has 0 spiro atoms. The van der Waals surface area contributed by atoms with Crippen LogP contribution >= 0.6 is 0 Å². The fourth-order valence-electron chi connectivity index (χ4n) is 2.75. The van der Waals surface area contributed by atoms with E-state index in [2.05, 4.69) is 26.8 Å². The number of aryl methyl sites for hydroxylation is 1. The second-order valence-corrected chi connectivity index (χ2v) is 5.10. The second-order valence-electron chi connectivity index (χ2n) is 5.10. The molecule has 2 unspecified atom stereocenters. The average Bonchev–Trinajstić information content (AvgIpc) is 2.34. The lowest BCUT2D eigenvalue weighted by Crippen LogP contribution is -2.24. The Balaban J connectivity index is 2.41. The van der Waals surface area contributed by atoms with Crippen molar-refractivity contribution in [2.45, 2.75) is 45.8 Å². The van der Waals surface area contributed by atoms with E-state index in [4.69, 9.17) is 9.47 Å². The maximum absolute atomic E-state index is 9.79. The number of hydrogen-bond donors (Lipinski definition) is 1. The summed E-state index contributed by atoms with van der Waals surface area (Å²) in [6, 6.07) is 2.06. The van der Waals surface area contributed by atoms with Gasteiger partial charge in [-0.2, -0.15) is 0 Å². The number of aliphatic hydroxyl groups is 1. The molecular weight excluding hydrogens is 228 g/mol. The van der Waals surface area contributed by atoms with Crippen molar-refractivity contribution in [3.63, 3.8) is 0 Å². The molecule has 1 saturated heterocycles. The van der Waals surface area contributed by atoms with Crippen LogP contribution in [0.5, 0.6) is 5.75 Å². The number of ether oxygens (including phenoxy) is 2. The highest BCUT2D eigenvalue weighted by Crippen LogP contribution is 2.36. The predicted molar refractivity (Wildman–Crippen MR) is 71.1 cm³/mol. The lowest BCUT2D eigenvalue weighted by atomic mass is 9.89. The standard InChI is InChI=1S/C15H22O3/c1-9-7-13(17-4)10(2)11(3)15(9)14-8-12(16)5-6-18-14/h7,12,14,16H,5-6,8H2,1-4H3. The van der Waals surface area contributed by atoms with Gasteiger partial charge in [0.1, 0.15) is 5.75 Å². The highest BCUT2D eigenvalue weighted by molar-refractivity contribution is 5.49. The Morgan fingerprint density at radius 1 is 1.28 bits per heavy atom. The topological polar surface area (TPSA) is 38.7 Å². The molecule has 1 aliphatic rings. The van der Waals surface area contributed by atoms with Crippen LogP contribution in [0.4, 0.5) is 0 Å². The second kappa shape index (κ2) is 5.29. The fraction of sp³-hybridized carbons (Fsp3) is 0.600. The minimum absolute atomic E-state index is 0.0124. The van der Waals surface area contributed by atoms with Gasteiger partial charge in [-0.25, -0.2) is 0 Å². The van der Waals surface area contributed by atoms with Crippen molar-refractivity contribution in [2.24, 2.45) is 0 Å². The van der Waals surface area contributed by atoms with Gasteiger partial charge in [-0.15, -0.1) is 0 Å². The number of aliphatic hydroxyl groups excluding tert-OH is 1. The number of hydrogen-bond acceptors (Lipinski definition) is 3. The van der Waals surface area contributed by atoms with Gasteiger partial charge in [0.15, 0.2) is 0 Å². The molecule has 1 aromatic rings. The zero-order valence-corrected chi connectivity index (χ0v) is 11.6. The van der Waals surface area contributed by atoms with Gasteiger partial charge in [0.2, 0.25) is 0 Å². The number of methoxy groups -OCH3 is 1. The summed E-state index contributed by atoms with van der Waals surface area (Å²) in [5, 5.41) is 9.79. The minimum Gasteiger partial charge on any atom is -0.496 e. The average molecular weight is 250 g/mol. The first-order chi connectivity index (χ1) is 8.54. The lowest BCUT2D eigenvalue weighted by Gasteiger charge is -2.30. The molecule has 0 aliphatic carbocycles. The van der Waals surface area contributed by atoms with E-state index in [0.29, 0.717) is 13.0 Å². The van der Waals surface area contributed by atoms with E-state index in [1.54, 1.807) is 7.11 Å². The monoisotopic (exact) mass is 250 g/mol. The molecule has 1 fully saturated rings. The van der Waals surface area contributed by atoms with E-state index in [1.165, 1.54) is 16.7 Å². The maximum atomic E-state index is 9.79. The molecule has 3 nitrogen and oxygen atoms in total. The minimum atomic E-state index is -0.245. The Bertz CT molecular complexity index is 440. The highest BCUT2D eigenvalue weighted by Gasteiger charge is 2.26. The van der Waals surface area contributed by atoms with Crippen LogP contribution in [0.3, 0.4) is 0 Å². The van der Waals surface area contributed by atoms with E-state index in [-0.39, 0.29) is 12.2 Å². The Labute approximate surface area is 109 Å². The number of benzene rings is 1. The third kappa shape index (κ3) is 2.38. The van der Waals surface area contributed by atoms with Crippen LogP contribution in [-0.2, 0) is 4.74 Å². The third-order valence-electron chi connectivity index (χ3n) is 3.91. The summed E-state index contributed by atoms with van der Waals surface area (Å²) in [5.41, 5.74) is 4.76. The van der Waals surface area contributed by atoms with Crippen LogP contribution in [0.2, 0.25) is 0 Å². The van der Waals surface area contributed by atoms with Gasteiger partial charge in [-0.3, -0.25) is 0 Å². The first-order valence-corrected chi connectivity index (χ1v) is 6.49. The molecular formula is C15H22O3. The molecule has 0 radical (unpaired) electrons. The Morgan fingerprint density at radius 2 is 2.00 bits per heavy atom. The van der Waals surface area contributed by atoms with Crippen molar-refractivity contribution in [3.05, 3.63) is 28.3 Å². The molecule has 1 aromatic carbocycles. The van der Waals surface area contributed by atoms with Crippen LogP contribution in [-0.4, -0.2) is 24.9 Å². The molecule has 2 rings (SSSR count). The molecule has 0 aromatic heterocycles. The summed E-state index contributed by atoms with van der Waals surface area (Å²) in [6.45, 7) is 6.88. The molecule has 100 valence electrons. The van der Waals surface area contributed by atoms with E-state index in [9.17, 15) is 5.11 Å². The normalized spacial score (nSPS) is 24.1. The molecule has 0 saturated carbocycles. The van der Waals surface area contributed by atoms with Gasteiger partial charge in [-0.1, -0.05) is 0 Å². The quantitative estimate of drug-likeness (QED) is 0.877. The van der Waals surface area contributed by atoms with E-state index >= 15 is 0 Å². The molecule has 2 atom stereocenters. The zero-order chi connectivity index (χ0) is 13.3. The van der Waals surface area contributed by atoms with Gasteiger partial charge in [0.25, 0.3) is 0 Å². The van der Waals surface area contributed by atoms with Gasteiger partial charge in [-0.05, 0) is 55.5 Å². The first-order valence-electron chi connectivity index (χ1n) is 6.49. The summed E-state index contributed by atoms with van der Waals surface area (Å²) in [4.78, 5) is 0. The van der Waals surface area contributed by atoms with Crippen LogP contribution in [0.1, 0.15) is 41.2 Å². The summed E-state index contributed by atoms with van der Waals surface area (Å²) in [7, 11) is 1.70. The zero-order valence-electron chi connectivity index (χ0n) is 11.6. The summed E-state index contributed by atoms with van der Waals surface area (Å²) in [5.74, 6) is 0.921. The van der Waals surface area contributed by atoms with E-state index < -0.39 is 0 Å². The highest BCUT2D eigenvalue weighted by atomic mass is 16.5. The van der Waals surface area contributed by atoms with E-state index in [1.807, 2.05) is 0 Å². The molecule has 1 N–H and O–H groups in total. The number of rotatable bonds is 2. The van der Waals surface area contributed by atoms with Crippen LogP contribution < -0.4 is 4.74 Å². The Hall–Kier alpha value is -1.06. The smallest absolute Gasteiger partial charge is 0.122 e. The summed E-state index contributed by atoms with van der Waals surface area (Å²) >= 11 is 0. The van der Waals surface area contributed by atoms with Crippen molar-refractivity contribution in [1.82, 2.24) is 0 Å². The van der Waals surface area contributed by atoms with Crippen molar-refractivity contribution in [2.75, 3.05) is 13.7 Å². The van der Waals surface area contributed by atoms with Gasteiger partial charge in [0, 0.05) is 13.0 Å². The molecule has 18 heavy (non-hydrogen) atoms. The van der Waals surface area contributed by atoms with Gasteiger partial charge < -0.3 is 14.6 Å². The SMILES string of the molecule is COc1cc(C)c(C2CC(O)CCO2)c(C)c1C. The van der Waals surface area contributed by atoms with Gasteiger partial charge in [0.05, 0.1) is 19.3 Å². The molecule has 1 heterocycles. The molecule has 1 aliphatic heterocycles. The Kier molecular flexibility index (Phi) is 3.93. The maximum Gasteiger partial charge on any atom is 0.122 e. The van der Waals surface area contributed by atoms with Crippen molar-refractivity contribution in [1.29, 1.82) is 0 Å². The summed E-state index contributed by atoms with van der Waals surface area (Å²) < 4.78 is 11.2. The lowest BCUT2D eigenvalue weighted by molar-refractivity contribution is -0.0453. The van der Waals surface area contributed by atoms with Gasteiger partial charge >= 0.3 is 0 Å². The predicted octanol–water partition coefficient (Wildman–Crippen LogP) is 2.83. The van der Waals surface area contributed by atoms with Crippen LogP contribution in [0.15, 0.2) is 6.07 Å². The van der Waals surface area contributed by atoms with Crippen molar-refractivity contribution in [3.8, 4) is 5.75 Å². The van der Waals surface area contributed by atoms with Crippen LogP contribution in [0, 0.1) is 20.8 Å². The van der Waals surface area contributed by atoms with E-state index in [0.717, 1.165) is 17.7 Å². The molecule has 3 heteroatoms.